The topological polar surface area (TPSA) is 33.1 Å². The van der Waals surface area contributed by atoms with Gasteiger partial charge in [-0.2, -0.15) is 0 Å². The van der Waals surface area contributed by atoms with E-state index in [9.17, 15) is 0 Å². The van der Waals surface area contributed by atoms with E-state index in [-0.39, 0.29) is 5.41 Å². The highest BCUT2D eigenvalue weighted by molar-refractivity contribution is 5.25. The maximum absolute atomic E-state index is 4.36. The summed E-state index contributed by atoms with van der Waals surface area (Å²) >= 11 is 0. The van der Waals surface area contributed by atoms with Crippen LogP contribution in [0.3, 0.4) is 0 Å². The molecule has 0 aliphatic rings. The van der Waals surface area contributed by atoms with Crippen LogP contribution in [0, 0.1) is 5.41 Å². The molecule has 4 nitrogen and oxygen atoms in total. The lowest BCUT2D eigenvalue weighted by Crippen LogP contribution is -2.32. The van der Waals surface area contributed by atoms with Crippen molar-refractivity contribution in [2.24, 2.45) is 5.41 Å². The lowest BCUT2D eigenvalue weighted by molar-refractivity contribution is 0.212. The Hall–Kier alpha value is -1.03. The Morgan fingerprint density at radius 2 is 2.12 bits per heavy atom. The van der Waals surface area contributed by atoms with Crippen molar-refractivity contribution in [3.8, 4) is 0 Å². The van der Waals surface area contributed by atoms with E-state index in [1.54, 1.807) is 0 Å². The summed E-state index contributed by atoms with van der Waals surface area (Å²) in [6.45, 7) is 9.77. The Balaban J connectivity index is 2.64. The van der Waals surface area contributed by atoms with Crippen LogP contribution in [-0.2, 0) is 6.54 Å². The molecular formula is C13H26N4. The number of nitrogens with zero attached hydrogens (tertiary/aromatic N) is 3. The van der Waals surface area contributed by atoms with Crippen molar-refractivity contribution < 1.29 is 0 Å². The van der Waals surface area contributed by atoms with Crippen LogP contribution in [0.1, 0.15) is 27.2 Å². The van der Waals surface area contributed by atoms with E-state index in [0.717, 1.165) is 32.0 Å². The van der Waals surface area contributed by atoms with E-state index >= 15 is 0 Å². The number of anilines is 1. The molecule has 0 spiro atoms. The molecule has 17 heavy (non-hydrogen) atoms. The van der Waals surface area contributed by atoms with Crippen LogP contribution in [0.15, 0.2) is 12.4 Å². The highest BCUT2D eigenvalue weighted by atomic mass is 15.2. The van der Waals surface area contributed by atoms with Gasteiger partial charge in [-0.05, 0) is 25.9 Å². The van der Waals surface area contributed by atoms with E-state index in [1.807, 2.05) is 6.20 Å². The predicted molar refractivity (Wildman–Crippen MR) is 73.3 cm³/mol. The van der Waals surface area contributed by atoms with Gasteiger partial charge in [0.25, 0.3) is 0 Å². The monoisotopic (exact) mass is 238 g/mol. The van der Waals surface area contributed by atoms with Crippen LogP contribution in [-0.4, -0.2) is 41.6 Å². The van der Waals surface area contributed by atoms with Crippen molar-refractivity contribution in [1.82, 2.24) is 14.5 Å². The molecule has 0 saturated carbocycles. The fraction of sp³-hybridized carbons (Fsp3) is 0.769. The molecule has 1 rings (SSSR count). The zero-order chi connectivity index (χ0) is 12.9. The third-order valence-corrected chi connectivity index (χ3v) is 2.59. The standard InChI is InChI=1S/C13H26N4/c1-6-7-14-12-15-8-9-17(12)11-13(2,3)10-16(4)5/h8-9H,6-7,10-11H2,1-5H3,(H,14,15). The molecule has 0 bridgehead atoms. The Kier molecular flexibility index (Phi) is 5.00. The van der Waals surface area contributed by atoms with Gasteiger partial charge in [-0.3, -0.25) is 0 Å². The van der Waals surface area contributed by atoms with Gasteiger partial charge in [0.2, 0.25) is 5.95 Å². The molecule has 0 radical (unpaired) electrons. The van der Waals surface area contributed by atoms with Crippen LogP contribution in [0.2, 0.25) is 0 Å². The van der Waals surface area contributed by atoms with Crippen LogP contribution < -0.4 is 5.32 Å². The van der Waals surface area contributed by atoms with Crippen LogP contribution >= 0.6 is 0 Å². The quantitative estimate of drug-likeness (QED) is 0.791. The van der Waals surface area contributed by atoms with Crippen molar-refractivity contribution in [2.45, 2.75) is 33.7 Å². The van der Waals surface area contributed by atoms with Crippen molar-refractivity contribution in [3.63, 3.8) is 0 Å². The summed E-state index contributed by atoms with van der Waals surface area (Å²) < 4.78 is 2.21. The van der Waals surface area contributed by atoms with Gasteiger partial charge in [-0.25, -0.2) is 4.98 Å². The van der Waals surface area contributed by atoms with Gasteiger partial charge < -0.3 is 14.8 Å². The summed E-state index contributed by atoms with van der Waals surface area (Å²) in [6.07, 6.45) is 5.03. The van der Waals surface area contributed by atoms with E-state index in [4.69, 9.17) is 0 Å². The number of rotatable bonds is 7. The summed E-state index contributed by atoms with van der Waals surface area (Å²) in [7, 11) is 4.23. The third-order valence-electron chi connectivity index (χ3n) is 2.59. The van der Waals surface area contributed by atoms with E-state index < -0.39 is 0 Å². The molecular weight excluding hydrogens is 212 g/mol. The molecule has 0 saturated heterocycles. The Labute approximate surface area is 105 Å². The minimum atomic E-state index is 0.243. The third kappa shape index (κ3) is 4.77. The van der Waals surface area contributed by atoms with Crippen molar-refractivity contribution in [1.29, 1.82) is 0 Å². The van der Waals surface area contributed by atoms with E-state index in [2.05, 4.69) is 60.8 Å². The molecule has 0 aromatic carbocycles. The van der Waals surface area contributed by atoms with E-state index in [0.29, 0.717) is 0 Å². The highest BCUT2D eigenvalue weighted by Crippen LogP contribution is 2.21. The molecule has 0 aliphatic heterocycles. The first-order valence-corrected chi connectivity index (χ1v) is 6.34. The average molecular weight is 238 g/mol. The van der Waals surface area contributed by atoms with Gasteiger partial charge in [0.1, 0.15) is 0 Å². The lowest BCUT2D eigenvalue weighted by Gasteiger charge is -2.29. The molecule has 0 amide bonds. The highest BCUT2D eigenvalue weighted by Gasteiger charge is 2.20. The van der Waals surface area contributed by atoms with Crippen molar-refractivity contribution in [2.75, 3.05) is 32.5 Å². The molecule has 0 fully saturated rings. The Morgan fingerprint density at radius 1 is 1.41 bits per heavy atom. The molecule has 0 aliphatic carbocycles. The summed E-state index contributed by atoms with van der Waals surface area (Å²) in [5.74, 6) is 0.985. The SMILES string of the molecule is CCCNc1nccn1CC(C)(C)CN(C)C. The molecule has 1 aromatic heterocycles. The summed E-state index contributed by atoms with van der Waals surface area (Å²) in [5.41, 5.74) is 0.243. The minimum Gasteiger partial charge on any atom is -0.356 e. The maximum Gasteiger partial charge on any atom is 0.202 e. The molecule has 1 heterocycles. The zero-order valence-electron chi connectivity index (χ0n) is 11.8. The van der Waals surface area contributed by atoms with Gasteiger partial charge in [0.05, 0.1) is 0 Å². The zero-order valence-corrected chi connectivity index (χ0v) is 11.8. The van der Waals surface area contributed by atoms with Gasteiger partial charge >= 0.3 is 0 Å². The normalized spacial score (nSPS) is 12.1. The smallest absolute Gasteiger partial charge is 0.202 e. The number of hydrogen-bond acceptors (Lipinski definition) is 3. The van der Waals surface area contributed by atoms with Gasteiger partial charge in [0, 0.05) is 32.0 Å². The summed E-state index contributed by atoms with van der Waals surface area (Å²) in [5, 5.41) is 3.36. The molecule has 1 aromatic rings. The van der Waals surface area contributed by atoms with Gasteiger partial charge in [-0.15, -0.1) is 0 Å². The molecule has 4 heteroatoms. The fourth-order valence-corrected chi connectivity index (χ4v) is 2.21. The van der Waals surface area contributed by atoms with Crippen LogP contribution in [0.25, 0.3) is 0 Å². The molecule has 98 valence electrons. The largest absolute Gasteiger partial charge is 0.356 e. The van der Waals surface area contributed by atoms with E-state index in [1.165, 1.54) is 0 Å². The van der Waals surface area contributed by atoms with Crippen LogP contribution in [0.5, 0.6) is 0 Å². The Morgan fingerprint density at radius 3 is 2.71 bits per heavy atom. The fourth-order valence-electron chi connectivity index (χ4n) is 2.21. The second-order valence-corrected chi connectivity index (χ2v) is 5.71. The summed E-state index contributed by atoms with van der Waals surface area (Å²) in [4.78, 5) is 6.59. The maximum atomic E-state index is 4.36. The molecule has 1 N–H and O–H groups in total. The second-order valence-electron chi connectivity index (χ2n) is 5.71. The second kappa shape index (κ2) is 6.05. The number of imidazole rings is 1. The van der Waals surface area contributed by atoms with Crippen molar-refractivity contribution >= 4 is 5.95 Å². The molecule has 0 unspecified atom stereocenters. The molecule has 0 atom stereocenters. The number of aromatic nitrogens is 2. The minimum absolute atomic E-state index is 0.243. The predicted octanol–water partition coefficient (Wildman–Crippen LogP) is 2.29. The van der Waals surface area contributed by atoms with Crippen molar-refractivity contribution in [3.05, 3.63) is 12.4 Å². The number of hydrogen-bond donors (Lipinski definition) is 1. The van der Waals surface area contributed by atoms with Crippen LogP contribution in [0.4, 0.5) is 5.95 Å². The first kappa shape index (κ1) is 14.0. The van der Waals surface area contributed by atoms with Gasteiger partial charge in [-0.1, -0.05) is 20.8 Å². The summed E-state index contributed by atoms with van der Waals surface area (Å²) in [6, 6.07) is 0. The average Bonchev–Trinajstić information content (AvgIpc) is 2.59. The lowest BCUT2D eigenvalue weighted by atomic mass is 9.93. The number of nitrogens with one attached hydrogen (secondary N) is 1. The van der Waals surface area contributed by atoms with Gasteiger partial charge in [0.15, 0.2) is 0 Å². The Bertz CT molecular complexity index is 328. The first-order chi connectivity index (χ1) is 7.94. The first-order valence-electron chi connectivity index (χ1n) is 6.34.